The van der Waals surface area contributed by atoms with Crippen molar-refractivity contribution in [3.8, 4) is 0 Å². The van der Waals surface area contributed by atoms with Crippen molar-refractivity contribution in [2.45, 2.75) is 88.6 Å². The molecule has 1 atom stereocenters. The lowest BCUT2D eigenvalue weighted by atomic mass is 9.64. The minimum absolute atomic E-state index is 0.113. The molecule has 0 saturated heterocycles. The normalized spacial score (nSPS) is 24.9. The molecule has 27 heavy (non-hydrogen) atoms. The average Bonchev–Trinajstić information content (AvgIpc) is 3.21. The van der Waals surface area contributed by atoms with Gasteiger partial charge in [-0.25, -0.2) is 0 Å². The van der Waals surface area contributed by atoms with E-state index < -0.39 is 0 Å². The Balaban J connectivity index is 1.85. The number of carbonyl (C=O) groups is 2. The first-order valence-electron chi connectivity index (χ1n) is 10.9. The molecule has 2 aliphatic carbocycles. The van der Waals surface area contributed by atoms with Gasteiger partial charge in [-0.15, -0.1) is 0 Å². The Morgan fingerprint density at radius 3 is 2.52 bits per heavy atom. The maximum Gasteiger partial charge on any atom is 0.254 e. The van der Waals surface area contributed by atoms with Gasteiger partial charge in [0.2, 0.25) is 5.91 Å². The number of carbonyl (C=O) groups excluding carboxylic acids is 2. The van der Waals surface area contributed by atoms with Crippen molar-refractivity contribution in [2.75, 3.05) is 6.54 Å². The second kappa shape index (κ2) is 7.65. The van der Waals surface area contributed by atoms with Gasteiger partial charge in [-0.1, -0.05) is 57.2 Å². The molecule has 4 heteroatoms. The molecule has 0 radical (unpaired) electrons. The Kier molecular flexibility index (Phi) is 5.25. The van der Waals surface area contributed by atoms with Crippen LogP contribution in [0.2, 0.25) is 0 Å². The summed E-state index contributed by atoms with van der Waals surface area (Å²) < 4.78 is 0. The summed E-state index contributed by atoms with van der Waals surface area (Å²) in [7, 11) is 0. The first-order valence-corrected chi connectivity index (χ1v) is 10.9. The van der Waals surface area contributed by atoms with Crippen LogP contribution in [-0.2, 0) is 4.79 Å². The van der Waals surface area contributed by atoms with E-state index in [4.69, 9.17) is 0 Å². The third kappa shape index (κ3) is 3.07. The molecule has 2 amide bonds. The molecule has 4 nitrogen and oxygen atoms in total. The van der Waals surface area contributed by atoms with Crippen LogP contribution in [0.4, 0.5) is 0 Å². The third-order valence-electron chi connectivity index (χ3n) is 6.96. The molecular weight excluding hydrogens is 336 g/mol. The van der Waals surface area contributed by atoms with E-state index in [9.17, 15) is 9.59 Å². The predicted molar refractivity (Wildman–Crippen MR) is 107 cm³/mol. The Bertz CT molecular complexity index is 702. The molecule has 0 unspecified atom stereocenters. The Morgan fingerprint density at radius 1 is 1.11 bits per heavy atom. The van der Waals surface area contributed by atoms with Crippen LogP contribution >= 0.6 is 0 Å². The number of hydrogen-bond acceptors (Lipinski definition) is 2. The van der Waals surface area contributed by atoms with Crippen LogP contribution in [-0.4, -0.2) is 34.8 Å². The zero-order valence-corrected chi connectivity index (χ0v) is 16.5. The fourth-order valence-electron chi connectivity index (χ4n) is 5.83. The highest BCUT2D eigenvalue weighted by Gasteiger charge is 2.56. The van der Waals surface area contributed by atoms with Crippen molar-refractivity contribution in [1.82, 2.24) is 10.2 Å². The number of benzene rings is 1. The first kappa shape index (κ1) is 18.5. The molecule has 2 fully saturated rings. The highest BCUT2D eigenvalue weighted by molar-refractivity contribution is 6.02. The van der Waals surface area contributed by atoms with Gasteiger partial charge in [-0.2, -0.15) is 0 Å². The summed E-state index contributed by atoms with van der Waals surface area (Å²) in [5, 5.41) is 3.16. The van der Waals surface area contributed by atoms with Gasteiger partial charge in [0.25, 0.3) is 5.91 Å². The second-order valence-electron chi connectivity index (χ2n) is 8.59. The van der Waals surface area contributed by atoms with E-state index in [2.05, 4.69) is 17.1 Å². The van der Waals surface area contributed by atoms with Gasteiger partial charge in [0, 0.05) is 18.2 Å². The third-order valence-corrected chi connectivity index (χ3v) is 6.96. The fourth-order valence-corrected chi connectivity index (χ4v) is 5.83. The summed E-state index contributed by atoms with van der Waals surface area (Å²) in [6, 6.07) is 8.16. The Morgan fingerprint density at radius 2 is 1.81 bits per heavy atom. The molecule has 1 heterocycles. The van der Waals surface area contributed by atoms with E-state index in [1.807, 2.05) is 24.3 Å². The average molecular weight is 369 g/mol. The van der Waals surface area contributed by atoms with Gasteiger partial charge in [-0.05, 0) is 43.7 Å². The summed E-state index contributed by atoms with van der Waals surface area (Å²) in [4.78, 5) is 29.3. The summed E-state index contributed by atoms with van der Waals surface area (Å²) in [5.41, 5.74) is 1.36. The van der Waals surface area contributed by atoms with Crippen LogP contribution in [0.25, 0.3) is 0 Å². The molecule has 1 aromatic carbocycles. The molecule has 4 rings (SSSR count). The summed E-state index contributed by atoms with van der Waals surface area (Å²) in [6.07, 6.45) is 10.8. The van der Waals surface area contributed by atoms with Gasteiger partial charge in [-0.3, -0.25) is 9.59 Å². The monoisotopic (exact) mass is 368 g/mol. The Labute approximate surface area is 162 Å². The number of amides is 2. The molecule has 1 aromatic rings. The molecule has 146 valence electrons. The van der Waals surface area contributed by atoms with Crippen LogP contribution in [0.5, 0.6) is 0 Å². The quantitative estimate of drug-likeness (QED) is 0.856. The second-order valence-corrected chi connectivity index (χ2v) is 8.59. The number of nitrogens with one attached hydrogen (secondary N) is 1. The zero-order chi connectivity index (χ0) is 18.9. The SMILES string of the molecule is CCCNC(=O)[C@@H]1c2ccccc2C(=O)N(C2CCCC2)C12CCCCC2. The predicted octanol–water partition coefficient (Wildman–Crippen LogP) is 4.40. The topological polar surface area (TPSA) is 49.4 Å². The lowest BCUT2D eigenvalue weighted by molar-refractivity contribution is -0.128. The van der Waals surface area contributed by atoms with Gasteiger partial charge in [0.1, 0.15) is 0 Å². The van der Waals surface area contributed by atoms with Crippen molar-refractivity contribution in [2.24, 2.45) is 0 Å². The van der Waals surface area contributed by atoms with Crippen LogP contribution < -0.4 is 5.32 Å². The van der Waals surface area contributed by atoms with E-state index >= 15 is 0 Å². The Hall–Kier alpha value is -1.84. The van der Waals surface area contributed by atoms with Gasteiger partial charge in [0.05, 0.1) is 11.5 Å². The van der Waals surface area contributed by atoms with Crippen LogP contribution in [0.1, 0.15) is 93.0 Å². The number of hydrogen-bond donors (Lipinski definition) is 1. The molecule has 0 aromatic heterocycles. The molecule has 2 saturated carbocycles. The van der Waals surface area contributed by atoms with Crippen molar-refractivity contribution >= 4 is 11.8 Å². The smallest absolute Gasteiger partial charge is 0.254 e. The molecule has 1 N–H and O–H groups in total. The maximum absolute atomic E-state index is 13.7. The maximum atomic E-state index is 13.7. The lowest BCUT2D eigenvalue weighted by Gasteiger charge is -2.56. The van der Waals surface area contributed by atoms with Gasteiger partial charge >= 0.3 is 0 Å². The largest absolute Gasteiger partial charge is 0.356 e. The van der Waals surface area contributed by atoms with E-state index in [0.717, 1.165) is 56.1 Å². The van der Waals surface area contributed by atoms with Crippen LogP contribution in [0, 0.1) is 0 Å². The van der Waals surface area contributed by atoms with Gasteiger partial charge < -0.3 is 10.2 Å². The molecule has 0 bridgehead atoms. The van der Waals surface area contributed by atoms with Crippen molar-refractivity contribution in [1.29, 1.82) is 0 Å². The number of nitrogens with zero attached hydrogens (tertiary/aromatic N) is 1. The van der Waals surface area contributed by atoms with E-state index in [1.165, 1.54) is 19.3 Å². The first-order chi connectivity index (χ1) is 13.2. The highest BCUT2D eigenvalue weighted by atomic mass is 16.2. The van der Waals surface area contributed by atoms with Crippen LogP contribution in [0.3, 0.4) is 0 Å². The summed E-state index contributed by atoms with van der Waals surface area (Å²) >= 11 is 0. The molecule has 1 aliphatic heterocycles. The van der Waals surface area contributed by atoms with Gasteiger partial charge in [0.15, 0.2) is 0 Å². The van der Waals surface area contributed by atoms with Crippen LogP contribution in [0.15, 0.2) is 24.3 Å². The molecule has 3 aliphatic rings. The van der Waals surface area contributed by atoms with Crippen molar-refractivity contribution in [3.05, 3.63) is 35.4 Å². The number of fused-ring (bicyclic) bond motifs is 1. The minimum atomic E-state index is -0.337. The standard InChI is InChI=1S/C23H32N2O2/c1-2-16-24-21(26)20-18-12-6-7-13-19(18)22(27)25(17-10-4-5-11-17)23(20)14-8-3-9-15-23/h6-7,12-13,17,20H,2-5,8-11,14-16H2,1H3,(H,24,26)/t20-/m0/s1. The summed E-state index contributed by atoms with van der Waals surface area (Å²) in [6.45, 7) is 2.78. The fraction of sp³-hybridized carbons (Fsp3) is 0.652. The molecule has 1 spiro atoms. The van der Waals surface area contributed by atoms with E-state index in [1.54, 1.807) is 0 Å². The summed E-state index contributed by atoms with van der Waals surface area (Å²) in [5.74, 6) is 0.0412. The number of rotatable bonds is 4. The molecular formula is C23H32N2O2. The minimum Gasteiger partial charge on any atom is -0.356 e. The van der Waals surface area contributed by atoms with Crippen molar-refractivity contribution < 1.29 is 9.59 Å². The highest BCUT2D eigenvalue weighted by Crippen LogP contribution is 2.51. The van der Waals surface area contributed by atoms with Crippen molar-refractivity contribution in [3.63, 3.8) is 0 Å². The lowest BCUT2D eigenvalue weighted by Crippen LogP contribution is -2.65. The van der Waals surface area contributed by atoms with E-state index in [-0.39, 0.29) is 23.3 Å². The van der Waals surface area contributed by atoms with E-state index in [0.29, 0.717) is 12.6 Å². The zero-order valence-electron chi connectivity index (χ0n) is 16.5.